The van der Waals surface area contributed by atoms with Crippen molar-refractivity contribution in [2.24, 2.45) is 0 Å². The van der Waals surface area contributed by atoms with Crippen LogP contribution in [0.15, 0.2) is 0 Å². The van der Waals surface area contributed by atoms with Crippen LogP contribution in [0.5, 0.6) is 0 Å². The molecule has 0 rings (SSSR count). The monoisotopic (exact) mass is 320 g/mol. The number of nitrogens with zero attached hydrogens (tertiary/aromatic N) is 1. The fourth-order valence-corrected chi connectivity index (χ4v) is 2.74. The van der Waals surface area contributed by atoms with E-state index in [9.17, 15) is 10.2 Å². The molecule has 0 aromatic rings. The first kappa shape index (κ1) is 21.8. The van der Waals surface area contributed by atoms with Gasteiger partial charge in [0.15, 0.2) is 25.0 Å². The molecule has 5 nitrogen and oxygen atoms in total. The molecule has 0 amide bonds. The number of aliphatic hydroxyl groups is 2. The minimum Gasteiger partial charge on any atom is -0.368 e. The largest absolute Gasteiger partial charge is 0.368 e. The highest BCUT2D eigenvalue weighted by molar-refractivity contribution is 4.50. The molecule has 0 fully saturated rings. The number of hydrogen-bond donors (Lipinski definition) is 2. The van der Waals surface area contributed by atoms with Crippen molar-refractivity contribution in [1.82, 2.24) is 0 Å². The van der Waals surface area contributed by atoms with Gasteiger partial charge in [-0.2, -0.15) is 0 Å². The van der Waals surface area contributed by atoms with Crippen LogP contribution in [0.1, 0.15) is 73.1 Å². The Morgan fingerprint density at radius 1 is 0.773 bits per heavy atom. The zero-order valence-electron chi connectivity index (χ0n) is 15.4. The fraction of sp³-hybridized carbons (Fsp3) is 1.00. The maximum atomic E-state index is 9.50. The molecule has 0 saturated carbocycles. The Balaban J connectivity index is 4.57. The van der Waals surface area contributed by atoms with Gasteiger partial charge < -0.3 is 19.7 Å². The molecule has 0 aliphatic rings. The number of ether oxygens (including phenoxy) is 2. The summed E-state index contributed by atoms with van der Waals surface area (Å²) < 4.78 is 11.7. The molecule has 0 aliphatic carbocycles. The molecule has 134 valence electrons. The summed E-state index contributed by atoms with van der Waals surface area (Å²) in [6.45, 7) is 10.3. The summed E-state index contributed by atoms with van der Waals surface area (Å²) in [6, 6.07) is 0. The number of aliphatic hydroxyl groups excluding tert-OH is 2. The quantitative estimate of drug-likeness (QED) is 0.311. The van der Waals surface area contributed by atoms with Gasteiger partial charge in [-0.25, -0.2) is 0 Å². The predicted molar refractivity (Wildman–Crippen MR) is 88.9 cm³/mol. The topological polar surface area (TPSA) is 58.9 Å². The van der Waals surface area contributed by atoms with Crippen molar-refractivity contribution >= 4 is 0 Å². The Kier molecular flexibility index (Phi) is 11.3. The molecular formula is C17H38NO4+. The second-order valence-corrected chi connectivity index (χ2v) is 6.51. The van der Waals surface area contributed by atoms with Crippen LogP contribution in [0.3, 0.4) is 0 Å². The highest BCUT2D eigenvalue weighted by Crippen LogP contribution is 2.22. The summed E-state index contributed by atoms with van der Waals surface area (Å²) in [5.41, 5.74) is 0. The minimum atomic E-state index is -0.809. The summed E-state index contributed by atoms with van der Waals surface area (Å²) in [6.07, 6.45) is 5.35. The maximum Gasteiger partial charge on any atom is 0.194 e. The lowest BCUT2D eigenvalue weighted by atomic mass is 10.1. The van der Waals surface area contributed by atoms with E-state index < -0.39 is 12.6 Å². The first-order valence-corrected chi connectivity index (χ1v) is 8.76. The first-order valence-electron chi connectivity index (χ1n) is 8.76. The van der Waals surface area contributed by atoms with Crippen molar-refractivity contribution in [2.75, 3.05) is 13.6 Å². The maximum absolute atomic E-state index is 9.50. The van der Waals surface area contributed by atoms with Crippen molar-refractivity contribution < 1.29 is 24.2 Å². The van der Waals surface area contributed by atoms with Gasteiger partial charge in [-0.05, 0) is 26.7 Å². The van der Waals surface area contributed by atoms with Crippen LogP contribution in [-0.2, 0) is 9.47 Å². The van der Waals surface area contributed by atoms with E-state index in [4.69, 9.17) is 9.47 Å². The average Bonchev–Trinajstić information content (AvgIpc) is 2.40. The highest BCUT2D eigenvalue weighted by atomic mass is 16.6. The third-order valence-corrected chi connectivity index (χ3v) is 4.44. The van der Waals surface area contributed by atoms with Crippen LogP contribution >= 0.6 is 0 Å². The smallest absolute Gasteiger partial charge is 0.194 e. The molecule has 0 aromatic heterocycles. The Morgan fingerprint density at radius 3 is 1.59 bits per heavy atom. The molecule has 0 heterocycles. The molecule has 0 radical (unpaired) electrons. The van der Waals surface area contributed by atoms with Crippen LogP contribution < -0.4 is 0 Å². The Bertz CT molecular complexity index is 255. The first-order chi connectivity index (χ1) is 10.2. The van der Waals surface area contributed by atoms with Crippen molar-refractivity contribution in [3.63, 3.8) is 0 Å². The number of unbranched alkanes of at least 4 members (excludes halogenated alkanes) is 5. The van der Waals surface area contributed by atoms with Crippen molar-refractivity contribution in [1.29, 1.82) is 0 Å². The lowest BCUT2D eigenvalue weighted by Gasteiger charge is -2.44. The van der Waals surface area contributed by atoms with E-state index in [2.05, 4.69) is 14.0 Å². The van der Waals surface area contributed by atoms with Gasteiger partial charge in [0.05, 0.1) is 13.6 Å². The fourth-order valence-electron chi connectivity index (χ4n) is 2.74. The lowest BCUT2D eigenvalue weighted by Crippen LogP contribution is -2.60. The van der Waals surface area contributed by atoms with E-state index in [1.807, 2.05) is 13.8 Å². The molecular weight excluding hydrogens is 282 g/mol. The van der Waals surface area contributed by atoms with E-state index >= 15 is 0 Å². The number of hydrogen-bond acceptors (Lipinski definition) is 4. The number of rotatable bonds is 13. The SMILES string of the molecule is CCCCCCCC[N+](C)(C(C)OC(C)O)C(C)OC(C)O. The molecule has 0 aromatic carbocycles. The average molecular weight is 320 g/mol. The molecule has 4 unspecified atom stereocenters. The van der Waals surface area contributed by atoms with Crippen molar-refractivity contribution in [3.8, 4) is 0 Å². The van der Waals surface area contributed by atoms with Gasteiger partial charge in [0, 0.05) is 13.8 Å². The van der Waals surface area contributed by atoms with Gasteiger partial charge in [0.1, 0.15) is 0 Å². The van der Waals surface area contributed by atoms with Gasteiger partial charge >= 0.3 is 0 Å². The number of quaternary nitrogens is 1. The minimum absolute atomic E-state index is 0.204. The normalized spacial score (nSPS) is 20.2. The van der Waals surface area contributed by atoms with E-state index in [0.717, 1.165) is 13.0 Å². The van der Waals surface area contributed by atoms with Crippen LogP contribution in [-0.4, -0.2) is 53.3 Å². The van der Waals surface area contributed by atoms with E-state index in [-0.39, 0.29) is 12.5 Å². The molecule has 0 aliphatic heterocycles. The molecule has 22 heavy (non-hydrogen) atoms. The standard InChI is InChI=1S/C17H38NO4/c1-7-8-9-10-11-12-13-18(6,14(2)21-16(4)19)15(3)22-17(5)20/h14-17,19-20H,7-13H2,1-6H3/q+1. The zero-order chi connectivity index (χ0) is 17.2. The summed E-state index contributed by atoms with van der Waals surface area (Å²) in [4.78, 5) is 0. The second kappa shape index (κ2) is 11.4. The van der Waals surface area contributed by atoms with Gasteiger partial charge in [0.25, 0.3) is 0 Å². The van der Waals surface area contributed by atoms with E-state index in [0.29, 0.717) is 4.48 Å². The molecule has 4 atom stereocenters. The highest BCUT2D eigenvalue weighted by Gasteiger charge is 2.37. The third-order valence-electron chi connectivity index (χ3n) is 4.44. The molecule has 5 heteroatoms. The van der Waals surface area contributed by atoms with Gasteiger partial charge in [-0.1, -0.05) is 32.6 Å². The molecule has 2 N–H and O–H groups in total. The van der Waals surface area contributed by atoms with E-state index in [1.165, 1.54) is 32.1 Å². The summed E-state index contributed by atoms with van der Waals surface area (Å²) in [7, 11) is 2.06. The molecule has 0 bridgehead atoms. The summed E-state index contributed by atoms with van der Waals surface area (Å²) in [5.74, 6) is 0. The van der Waals surface area contributed by atoms with Gasteiger partial charge in [-0.15, -0.1) is 0 Å². The van der Waals surface area contributed by atoms with Crippen LogP contribution in [0, 0.1) is 0 Å². The summed E-state index contributed by atoms with van der Waals surface area (Å²) >= 11 is 0. The predicted octanol–water partition coefficient (Wildman–Crippen LogP) is 3.20. The lowest BCUT2D eigenvalue weighted by molar-refractivity contribution is -0.995. The molecule has 0 saturated heterocycles. The Labute approximate surface area is 136 Å². The summed E-state index contributed by atoms with van der Waals surface area (Å²) in [5, 5.41) is 19.0. The third kappa shape index (κ3) is 8.44. The Morgan fingerprint density at radius 2 is 1.18 bits per heavy atom. The Hall–Kier alpha value is -0.200. The van der Waals surface area contributed by atoms with Crippen LogP contribution in [0.25, 0.3) is 0 Å². The van der Waals surface area contributed by atoms with Crippen LogP contribution in [0.4, 0.5) is 0 Å². The van der Waals surface area contributed by atoms with Gasteiger partial charge in [0.2, 0.25) is 0 Å². The molecule has 0 spiro atoms. The van der Waals surface area contributed by atoms with E-state index in [1.54, 1.807) is 13.8 Å². The van der Waals surface area contributed by atoms with Gasteiger partial charge in [-0.3, -0.25) is 4.48 Å². The second-order valence-electron chi connectivity index (χ2n) is 6.51. The zero-order valence-corrected chi connectivity index (χ0v) is 15.4. The van der Waals surface area contributed by atoms with Crippen molar-refractivity contribution in [3.05, 3.63) is 0 Å². The van der Waals surface area contributed by atoms with Crippen molar-refractivity contribution in [2.45, 2.75) is 98.2 Å². The van der Waals surface area contributed by atoms with Crippen LogP contribution in [0.2, 0.25) is 0 Å².